The molecule has 8 heteroatoms. The summed E-state index contributed by atoms with van der Waals surface area (Å²) in [5.74, 6) is -2.36. The lowest BCUT2D eigenvalue weighted by Gasteiger charge is -2.36. The number of Topliss-reactive ketones (excluding diaryl/α,β-unsaturated/α-hetero) is 1. The monoisotopic (exact) mass is 408 g/mol. The fourth-order valence-electron chi connectivity index (χ4n) is 3.53. The maximum Gasteiger partial charge on any atom is 0.407 e. The summed E-state index contributed by atoms with van der Waals surface area (Å²) in [6.07, 6.45) is -4.56. The number of alkyl halides is 3. The van der Waals surface area contributed by atoms with Gasteiger partial charge in [0.05, 0.1) is 17.7 Å². The Hall–Kier alpha value is -2.95. The molecule has 0 N–H and O–H groups in total. The van der Waals surface area contributed by atoms with Crippen molar-refractivity contribution in [3.8, 4) is 0 Å². The number of ketones is 1. The largest absolute Gasteiger partial charge is 0.407 e. The zero-order chi connectivity index (χ0) is 21.6. The fraction of sp³-hybridized carbons (Fsp3) is 0.333. The number of halogens is 5. The van der Waals surface area contributed by atoms with E-state index >= 15 is 0 Å². The Balaban J connectivity index is 1.89. The molecule has 0 saturated heterocycles. The summed E-state index contributed by atoms with van der Waals surface area (Å²) in [6, 6.07) is 5.33. The Morgan fingerprint density at radius 3 is 2.41 bits per heavy atom. The van der Waals surface area contributed by atoms with E-state index < -0.39 is 34.6 Å². The number of hydrogen-bond acceptors (Lipinski definition) is 2. The van der Waals surface area contributed by atoms with Gasteiger partial charge in [-0.1, -0.05) is 18.2 Å². The Morgan fingerprint density at radius 2 is 1.79 bits per heavy atom. The molecule has 2 aromatic carbocycles. The highest BCUT2D eigenvalue weighted by Gasteiger charge is 2.39. The van der Waals surface area contributed by atoms with Crippen LogP contribution in [0.4, 0.5) is 33.3 Å². The highest BCUT2D eigenvalue weighted by molar-refractivity contribution is 5.93. The van der Waals surface area contributed by atoms with Crippen LogP contribution in [0.5, 0.6) is 0 Å². The summed E-state index contributed by atoms with van der Waals surface area (Å²) in [7, 11) is 0. The Kier molecular flexibility index (Phi) is 5.11. The van der Waals surface area contributed by atoms with Gasteiger partial charge in [0.25, 0.3) is 0 Å². The number of benzene rings is 2. The fourth-order valence-corrected chi connectivity index (χ4v) is 3.53. The van der Waals surface area contributed by atoms with E-state index in [1.54, 1.807) is 18.7 Å². The molecule has 152 valence electrons. The number of carbonyl (C=O) groups excluding carboxylic acids is 1. The molecule has 3 rings (SSSR count). The predicted octanol–water partition coefficient (Wildman–Crippen LogP) is 5.49. The zero-order valence-electron chi connectivity index (χ0n) is 15.7. The van der Waals surface area contributed by atoms with Crippen LogP contribution in [0.2, 0.25) is 0 Å². The molecule has 0 atom stereocenters. The molecular weight excluding hydrogens is 391 g/mol. The second-order valence-corrected chi connectivity index (χ2v) is 7.42. The van der Waals surface area contributed by atoms with Gasteiger partial charge in [0.15, 0.2) is 23.1 Å². The predicted molar refractivity (Wildman–Crippen MR) is 97.9 cm³/mol. The topological polar surface area (TPSA) is 24.7 Å². The summed E-state index contributed by atoms with van der Waals surface area (Å²) in [5, 5.41) is 0. The lowest BCUT2D eigenvalue weighted by atomic mass is 9.91. The summed E-state index contributed by atoms with van der Waals surface area (Å²) in [4.78, 5) is 17.5. The van der Waals surface area contributed by atoms with Gasteiger partial charge < -0.3 is 4.90 Å². The number of nitrogens with zero attached hydrogens (tertiary/aromatic N) is 2. The molecule has 0 fully saturated rings. The third-order valence-corrected chi connectivity index (χ3v) is 5.23. The molecule has 0 amide bonds. The summed E-state index contributed by atoms with van der Waals surface area (Å²) in [5.41, 5.74) is -1.65. The van der Waals surface area contributed by atoms with Crippen LogP contribution in [-0.4, -0.2) is 17.9 Å². The average molecular weight is 408 g/mol. The Bertz CT molecular complexity index is 1020. The van der Waals surface area contributed by atoms with E-state index in [9.17, 15) is 26.7 Å². The first-order chi connectivity index (χ1) is 13.4. The summed E-state index contributed by atoms with van der Waals surface area (Å²) in [6.45, 7) is 10.4. The molecule has 2 aromatic rings. The number of anilines is 1. The maximum atomic E-state index is 13.7. The first kappa shape index (κ1) is 20.8. The van der Waals surface area contributed by atoms with E-state index in [1.807, 2.05) is 0 Å². The molecule has 1 aliphatic rings. The van der Waals surface area contributed by atoms with Crippen molar-refractivity contribution < 1.29 is 26.7 Å². The average Bonchev–Trinajstić information content (AvgIpc) is 3.04. The summed E-state index contributed by atoms with van der Waals surface area (Å²) >= 11 is 0. The molecule has 0 aromatic heterocycles. The van der Waals surface area contributed by atoms with E-state index in [4.69, 9.17) is 6.57 Å². The SMILES string of the molecule is [C-]#[N+]c1ccc(CC(=O)C(C)(C)N2CCc3cc(F)c(F)cc32)cc1C(F)(F)F. The van der Waals surface area contributed by atoms with Crippen LogP contribution in [-0.2, 0) is 23.8 Å². The van der Waals surface area contributed by atoms with Crippen LogP contribution < -0.4 is 4.90 Å². The second-order valence-electron chi connectivity index (χ2n) is 7.42. The third kappa shape index (κ3) is 3.82. The molecule has 29 heavy (non-hydrogen) atoms. The molecule has 0 radical (unpaired) electrons. The lowest BCUT2D eigenvalue weighted by Crippen LogP contribution is -2.50. The van der Waals surface area contributed by atoms with E-state index in [0.29, 0.717) is 24.2 Å². The number of rotatable bonds is 4. The van der Waals surface area contributed by atoms with Crippen LogP contribution in [0.15, 0.2) is 30.3 Å². The molecule has 1 heterocycles. The molecular formula is C21H17F5N2O. The van der Waals surface area contributed by atoms with Crippen molar-refractivity contribution in [2.75, 3.05) is 11.4 Å². The van der Waals surface area contributed by atoms with Crippen molar-refractivity contribution in [1.82, 2.24) is 0 Å². The van der Waals surface area contributed by atoms with Gasteiger partial charge >= 0.3 is 6.18 Å². The minimum absolute atomic E-state index is 0.132. The van der Waals surface area contributed by atoms with Gasteiger partial charge in [-0.25, -0.2) is 13.6 Å². The molecule has 0 saturated carbocycles. The summed E-state index contributed by atoms with van der Waals surface area (Å²) < 4.78 is 66.7. The van der Waals surface area contributed by atoms with Gasteiger partial charge in [-0.15, -0.1) is 0 Å². The van der Waals surface area contributed by atoms with Crippen molar-refractivity contribution in [2.24, 2.45) is 0 Å². The first-order valence-corrected chi connectivity index (χ1v) is 8.81. The van der Waals surface area contributed by atoms with Crippen LogP contribution in [0.3, 0.4) is 0 Å². The number of fused-ring (bicyclic) bond motifs is 1. The van der Waals surface area contributed by atoms with Gasteiger partial charge in [-0.3, -0.25) is 4.79 Å². The van der Waals surface area contributed by atoms with Crippen LogP contribution in [0, 0.1) is 18.2 Å². The van der Waals surface area contributed by atoms with Gasteiger partial charge in [0.1, 0.15) is 0 Å². The smallest absolute Gasteiger partial charge is 0.359 e. The molecule has 0 unspecified atom stereocenters. The maximum absolute atomic E-state index is 13.7. The minimum Gasteiger partial charge on any atom is -0.359 e. The van der Waals surface area contributed by atoms with Crippen LogP contribution in [0.1, 0.15) is 30.5 Å². The van der Waals surface area contributed by atoms with Crippen molar-refractivity contribution >= 4 is 17.2 Å². The van der Waals surface area contributed by atoms with E-state index in [-0.39, 0.29) is 17.8 Å². The zero-order valence-corrected chi connectivity index (χ0v) is 15.7. The molecule has 0 aliphatic carbocycles. The highest BCUT2D eigenvalue weighted by Crippen LogP contribution is 2.38. The highest BCUT2D eigenvalue weighted by atomic mass is 19.4. The normalized spacial score (nSPS) is 13.9. The lowest BCUT2D eigenvalue weighted by molar-refractivity contribution is -0.137. The standard InChI is InChI=1S/C21H17F5N2O/c1-20(2,28-7-6-13-10-15(22)16(23)11-18(13)28)19(29)9-12-4-5-17(27-3)14(8-12)21(24,25)26/h4-5,8,10-11H,6-7,9H2,1-2H3. The van der Waals surface area contributed by atoms with Crippen molar-refractivity contribution in [1.29, 1.82) is 0 Å². The third-order valence-electron chi connectivity index (χ3n) is 5.23. The van der Waals surface area contributed by atoms with E-state index in [2.05, 4.69) is 4.85 Å². The Morgan fingerprint density at radius 1 is 1.14 bits per heavy atom. The molecule has 3 nitrogen and oxygen atoms in total. The van der Waals surface area contributed by atoms with Crippen LogP contribution >= 0.6 is 0 Å². The number of carbonyl (C=O) groups is 1. The van der Waals surface area contributed by atoms with Crippen molar-refractivity contribution in [3.05, 3.63) is 70.1 Å². The first-order valence-electron chi connectivity index (χ1n) is 8.81. The molecule has 0 spiro atoms. The minimum atomic E-state index is -4.70. The van der Waals surface area contributed by atoms with Crippen molar-refractivity contribution in [2.45, 2.75) is 38.4 Å². The van der Waals surface area contributed by atoms with Gasteiger partial charge in [0.2, 0.25) is 0 Å². The quantitative estimate of drug-likeness (QED) is 0.494. The molecule has 0 bridgehead atoms. The van der Waals surface area contributed by atoms with Gasteiger partial charge in [-0.2, -0.15) is 13.2 Å². The molecule has 1 aliphatic heterocycles. The van der Waals surface area contributed by atoms with E-state index in [1.165, 1.54) is 6.07 Å². The number of hydrogen-bond donors (Lipinski definition) is 0. The second kappa shape index (κ2) is 7.14. The Labute approximate surface area is 164 Å². The van der Waals surface area contributed by atoms with Gasteiger partial charge in [-0.05, 0) is 37.5 Å². The van der Waals surface area contributed by atoms with Crippen LogP contribution in [0.25, 0.3) is 4.85 Å². The van der Waals surface area contributed by atoms with Gasteiger partial charge in [0, 0.05) is 24.7 Å². The van der Waals surface area contributed by atoms with E-state index in [0.717, 1.165) is 24.3 Å². The van der Waals surface area contributed by atoms with Crippen molar-refractivity contribution in [3.63, 3.8) is 0 Å².